The van der Waals surface area contributed by atoms with Crippen molar-refractivity contribution >= 4 is 17.4 Å². The fraction of sp³-hybridized carbons (Fsp3) is 0.467. The number of rotatable bonds is 7. The second kappa shape index (κ2) is 6.47. The Hall–Kier alpha value is -2.24. The average molecular weight is 290 g/mol. The Balaban J connectivity index is 1.72. The molecule has 1 fully saturated rings. The van der Waals surface area contributed by atoms with Gasteiger partial charge < -0.3 is 21.2 Å². The highest BCUT2D eigenvalue weighted by Gasteiger charge is 2.54. The van der Waals surface area contributed by atoms with Gasteiger partial charge in [-0.05, 0) is 31.4 Å². The molecule has 21 heavy (non-hydrogen) atoms. The maximum absolute atomic E-state index is 12.0. The number of amidine groups is 1. The lowest BCUT2D eigenvalue weighted by molar-refractivity contribution is -0.124. The van der Waals surface area contributed by atoms with Crippen molar-refractivity contribution in [3.63, 3.8) is 0 Å². The van der Waals surface area contributed by atoms with Crippen molar-refractivity contribution in [1.29, 1.82) is 0 Å². The molecule has 1 amide bonds. The minimum Gasteiger partial charge on any atom is -0.409 e. The van der Waals surface area contributed by atoms with Gasteiger partial charge in [-0.25, -0.2) is 0 Å². The molecule has 0 saturated heterocycles. The van der Waals surface area contributed by atoms with Crippen LogP contribution in [0.15, 0.2) is 35.5 Å². The van der Waals surface area contributed by atoms with Crippen LogP contribution in [-0.4, -0.2) is 37.1 Å². The Morgan fingerprint density at radius 3 is 2.67 bits per heavy atom. The molecule has 0 unspecified atom stereocenters. The predicted octanol–water partition coefficient (Wildman–Crippen LogP) is 1.16. The van der Waals surface area contributed by atoms with Crippen molar-refractivity contribution in [2.75, 3.05) is 25.0 Å². The van der Waals surface area contributed by atoms with Gasteiger partial charge in [0, 0.05) is 25.8 Å². The van der Waals surface area contributed by atoms with E-state index >= 15 is 0 Å². The lowest BCUT2D eigenvalue weighted by Crippen LogP contribution is -2.41. The van der Waals surface area contributed by atoms with E-state index in [9.17, 15) is 4.79 Å². The number of nitrogens with one attached hydrogen (secondary N) is 1. The van der Waals surface area contributed by atoms with E-state index in [4.69, 9.17) is 10.9 Å². The molecule has 2 rings (SSSR count). The van der Waals surface area contributed by atoms with Crippen molar-refractivity contribution in [3.8, 4) is 0 Å². The van der Waals surface area contributed by atoms with Crippen molar-refractivity contribution < 1.29 is 10.0 Å². The molecular formula is C15H22N4O2. The summed E-state index contributed by atoms with van der Waals surface area (Å²) >= 11 is 0. The number of hydrogen-bond donors (Lipinski definition) is 3. The maximum atomic E-state index is 12.0. The van der Waals surface area contributed by atoms with Crippen LogP contribution in [0.4, 0.5) is 5.69 Å². The molecule has 0 radical (unpaired) electrons. The quantitative estimate of drug-likeness (QED) is 0.231. The zero-order valence-corrected chi connectivity index (χ0v) is 12.2. The summed E-state index contributed by atoms with van der Waals surface area (Å²) in [5.74, 6) is -0.124. The third kappa shape index (κ3) is 3.45. The third-order valence-corrected chi connectivity index (χ3v) is 3.94. The Labute approximate surface area is 124 Å². The summed E-state index contributed by atoms with van der Waals surface area (Å²) < 4.78 is 0. The van der Waals surface area contributed by atoms with Gasteiger partial charge in [-0.15, -0.1) is 0 Å². The number of nitrogens with zero attached hydrogens (tertiary/aromatic N) is 2. The van der Waals surface area contributed by atoms with Gasteiger partial charge in [0.15, 0.2) is 5.84 Å². The van der Waals surface area contributed by atoms with Gasteiger partial charge in [0.2, 0.25) is 5.91 Å². The molecule has 0 bridgehead atoms. The Bertz CT molecular complexity index is 512. The number of nitrogens with two attached hydrogens (primary N) is 1. The van der Waals surface area contributed by atoms with Gasteiger partial charge in [-0.2, -0.15) is 0 Å². The van der Waals surface area contributed by atoms with E-state index in [0.29, 0.717) is 19.4 Å². The molecule has 0 aliphatic heterocycles. The summed E-state index contributed by atoms with van der Waals surface area (Å²) in [4.78, 5) is 14.2. The first-order chi connectivity index (χ1) is 10.1. The number of hydrogen-bond acceptors (Lipinski definition) is 4. The predicted molar refractivity (Wildman–Crippen MR) is 82.4 cm³/mol. The molecule has 0 atom stereocenters. The van der Waals surface area contributed by atoms with Gasteiger partial charge in [-0.1, -0.05) is 23.4 Å². The molecule has 114 valence electrons. The molecule has 0 spiro atoms. The molecule has 1 saturated carbocycles. The molecule has 6 nitrogen and oxygen atoms in total. The number of benzene rings is 1. The summed E-state index contributed by atoms with van der Waals surface area (Å²) in [6.07, 6.45) is 2.14. The Morgan fingerprint density at radius 1 is 1.43 bits per heavy atom. The topological polar surface area (TPSA) is 91.0 Å². The first kappa shape index (κ1) is 15.2. The largest absolute Gasteiger partial charge is 0.409 e. The van der Waals surface area contributed by atoms with E-state index in [1.807, 2.05) is 25.2 Å². The molecule has 1 aliphatic rings. The Kier molecular flexibility index (Phi) is 4.67. The summed E-state index contributed by atoms with van der Waals surface area (Å²) in [5, 5.41) is 14.5. The van der Waals surface area contributed by atoms with Crippen molar-refractivity contribution in [1.82, 2.24) is 5.32 Å². The van der Waals surface area contributed by atoms with Crippen LogP contribution in [0.25, 0.3) is 0 Å². The van der Waals surface area contributed by atoms with Crippen LogP contribution in [0.1, 0.15) is 19.3 Å². The smallest absolute Gasteiger partial charge is 0.233 e. The lowest BCUT2D eigenvalue weighted by atomic mass is 10.1. The summed E-state index contributed by atoms with van der Waals surface area (Å²) in [6.45, 7) is 1.43. The van der Waals surface area contributed by atoms with Gasteiger partial charge >= 0.3 is 0 Å². The molecule has 1 aromatic carbocycles. The highest BCUT2D eigenvalue weighted by molar-refractivity contribution is 6.09. The van der Waals surface area contributed by atoms with E-state index in [1.165, 1.54) is 0 Å². The van der Waals surface area contributed by atoms with E-state index in [1.54, 1.807) is 0 Å². The molecule has 6 heteroatoms. The van der Waals surface area contributed by atoms with Gasteiger partial charge in [0.25, 0.3) is 0 Å². The monoisotopic (exact) mass is 290 g/mol. The second-order valence-electron chi connectivity index (χ2n) is 5.43. The zero-order valence-electron chi connectivity index (χ0n) is 12.2. The second-order valence-corrected chi connectivity index (χ2v) is 5.43. The van der Waals surface area contributed by atoms with Gasteiger partial charge in [-0.3, -0.25) is 4.79 Å². The van der Waals surface area contributed by atoms with E-state index in [0.717, 1.165) is 18.7 Å². The average Bonchev–Trinajstić information content (AvgIpc) is 3.33. The van der Waals surface area contributed by atoms with Crippen molar-refractivity contribution in [2.24, 2.45) is 16.3 Å². The van der Waals surface area contributed by atoms with Crippen molar-refractivity contribution in [2.45, 2.75) is 19.3 Å². The van der Waals surface area contributed by atoms with Gasteiger partial charge in [0.1, 0.15) is 5.41 Å². The van der Waals surface area contributed by atoms with Crippen molar-refractivity contribution in [3.05, 3.63) is 30.3 Å². The van der Waals surface area contributed by atoms with Gasteiger partial charge in [0.05, 0.1) is 0 Å². The first-order valence-corrected chi connectivity index (χ1v) is 7.12. The molecule has 0 heterocycles. The van der Waals surface area contributed by atoms with Crippen LogP contribution in [0.3, 0.4) is 0 Å². The lowest BCUT2D eigenvalue weighted by Gasteiger charge is -2.19. The van der Waals surface area contributed by atoms with Crippen LogP contribution in [0.5, 0.6) is 0 Å². The zero-order chi connectivity index (χ0) is 15.3. The third-order valence-electron chi connectivity index (χ3n) is 3.94. The summed E-state index contributed by atoms with van der Waals surface area (Å²) in [5.41, 5.74) is 5.96. The highest BCUT2D eigenvalue weighted by atomic mass is 16.4. The van der Waals surface area contributed by atoms with Crippen LogP contribution in [0, 0.1) is 5.41 Å². The molecular weight excluding hydrogens is 268 g/mol. The molecule has 0 aromatic heterocycles. The standard InChI is InChI=1S/C15H22N4O2/c1-19(12-6-3-2-4-7-12)11-5-10-17-14(20)15(8-9-15)13(16)18-21/h2-4,6-7,21H,5,8-11H2,1H3,(H2,16,18)(H,17,20). The number of amides is 1. The van der Waals surface area contributed by atoms with Crippen LogP contribution in [0.2, 0.25) is 0 Å². The molecule has 4 N–H and O–H groups in total. The number of anilines is 1. The van der Waals surface area contributed by atoms with Crippen LogP contribution < -0.4 is 16.0 Å². The van der Waals surface area contributed by atoms with Crippen LogP contribution >= 0.6 is 0 Å². The first-order valence-electron chi connectivity index (χ1n) is 7.12. The van der Waals surface area contributed by atoms with E-state index in [2.05, 4.69) is 27.5 Å². The van der Waals surface area contributed by atoms with Crippen LogP contribution in [-0.2, 0) is 4.79 Å². The number of para-hydroxylation sites is 1. The molecule has 1 aromatic rings. The maximum Gasteiger partial charge on any atom is 0.233 e. The van der Waals surface area contributed by atoms with E-state index < -0.39 is 5.41 Å². The minimum absolute atomic E-state index is 0.0152. The summed E-state index contributed by atoms with van der Waals surface area (Å²) in [7, 11) is 2.02. The highest BCUT2D eigenvalue weighted by Crippen LogP contribution is 2.45. The fourth-order valence-electron chi connectivity index (χ4n) is 2.32. The van der Waals surface area contributed by atoms with E-state index in [-0.39, 0.29) is 11.7 Å². The Morgan fingerprint density at radius 2 is 2.10 bits per heavy atom. The number of oxime groups is 1. The minimum atomic E-state index is -0.764. The summed E-state index contributed by atoms with van der Waals surface area (Å²) in [6, 6.07) is 10.1. The number of carbonyl (C=O) groups excluding carboxylic acids is 1. The number of carbonyl (C=O) groups is 1. The SMILES string of the molecule is CN(CCCNC(=O)C1(/C(N)=N/O)CC1)c1ccccc1. The fourth-order valence-corrected chi connectivity index (χ4v) is 2.32. The molecule has 1 aliphatic carbocycles. The normalized spacial score (nSPS) is 16.3.